The van der Waals surface area contributed by atoms with Gasteiger partial charge in [0.1, 0.15) is 0 Å². The van der Waals surface area contributed by atoms with Crippen molar-refractivity contribution in [3.05, 3.63) is 0 Å². The van der Waals surface area contributed by atoms with E-state index in [1.165, 1.54) is 0 Å². The van der Waals surface area contributed by atoms with E-state index < -0.39 is 0 Å². The average molecular weight is 230 g/mol. The molecule has 0 aromatic carbocycles. The van der Waals surface area contributed by atoms with E-state index >= 15 is 0 Å². The number of rotatable bonds is 6. The minimum Gasteiger partial charge on any atom is -0.337 e. The van der Waals surface area contributed by atoms with E-state index in [0.717, 1.165) is 32.2 Å². The molecule has 0 unspecified atom stereocenters. The van der Waals surface area contributed by atoms with Crippen molar-refractivity contribution in [2.24, 2.45) is 0 Å². The summed E-state index contributed by atoms with van der Waals surface area (Å²) in [5.41, 5.74) is 0. The van der Waals surface area contributed by atoms with Crippen LogP contribution >= 0.6 is 11.8 Å². The summed E-state index contributed by atoms with van der Waals surface area (Å²) in [6.07, 6.45) is 6.58. The molecule has 4 heteroatoms. The maximum atomic E-state index is 11.5. The lowest BCUT2D eigenvalue weighted by molar-refractivity contribution is 0.239. The van der Waals surface area contributed by atoms with Crippen LogP contribution < -0.4 is 10.6 Å². The van der Waals surface area contributed by atoms with Gasteiger partial charge in [-0.2, -0.15) is 11.8 Å². The van der Waals surface area contributed by atoms with Gasteiger partial charge in [0, 0.05) is 17.3 Å². The smallest absolute Gasteiger partial charge is 0.315 e. The van der Waals surface area contributed by atoms with Crippen molar-refractivity contribution < 1.29 is 4.79 Å². The molecule has 0 aromatic rings. The number of nitrogens with one attached hydrogen (secondary N) is 2. The molecule has 2 N–H and O–H groups in total. The predicted molar refractivity (Wildman–Crippen MR) is 66.4 cm³/mol. The summed E-state index contributed by atoms with van der Waals surface area (Å²) in [5.74, 6) is 0. The van der Waals surface area contributed by atoms with E-state index in [1.54, 1.807) is 0 Å². The van der Waals surface area contributed by atoms with Crippen LogP contribution in [0.15, 0.2) is 0 Å². The zero-order chi connectivity index (χ0) is 11.3. The zero-order valence-electron chi connectivity index (χ0n) is 9.93. The van der Waals surface area contributed by atoms with Gasteiger partial charge in [-0.05, 0) is 31.9 Å². The molecule has 1 fully saturated rings. The summed E-state index contributed by atoms with van der Waals surface area (Å²) in [6.45, 7) is 5.13. The van der Waals surface area contributed by atoms with Crippen molar-refractivity contribution >= 4 is 17.8 Å². The number of carbonyl (C=O) groups is 1. The Kier molecular flexibility index (Phi) is 4.77. The molecule has 0 aliphatic heterocycles. The van der Waals surface area contributed by atoms with Crippen LogP contribution in [0.5, 0.6) is 0 Å². The number of amides is 2. The Labute approximate surface area is 96.8 Å². The van der Waals surface area contributed by atoms with Gasteiger partial charge >= 0.3 is 6.03 Å². The topological polar surface area (TPSA) is 41.1 Å². The first-order valence-electron chi connectivity index (χ1n) is 5.75. The summed E-state index contributed by atoms with van der Waals surface area (Å²) >= 11 is 1.85. The van der Waals surface area contributed by atoms with E-state index in [4.69, 9.17) is 0 Å². The van der Waals surface area contributed by atoms with Gasteiger partial charge in [0.2, 0.25) is 0 Å². The maximum Gasteiger partial charge on any atom is 0.315 e. The van der Waals surface area contributed by atoms with Crippen molar-refractivity contribution in [2.45, 2.75) is 50.3 Å². The first-order chi connectivity index (χ1) is 7.15. The van der Waals surface area contributed by atoms with Gasteiger partial charge in [0.25, 0.3) is 0 Å². The van der Waals surface area contributed by atoms with Gasteiger partial charge in [-0.3, -0.25) is 0 Å². The molecule has 15 heavy (non-hydrogen) atoms. The summed E-state index contributed by atoms with van der Waals surface area (Å²) < 4.78 is 0.209. The monoisotopic (exact) mass is 230 g/mol. The van der Waals surface area contributed by atoms with E-state index in [1.807, 2.05) is 11.8 Å². The highest BCUT2D eigenvalue weighted by Gasteiger charge is 2.27. The molecule has 1 saturated carbocycles. The zero-order valence-corrected chi connectivity index (χ0v) is 10.7. The first-order valence-corrected chi connectivity index (χ1v) is 6.97. The second kappa shape index (κ2) is 5.64. The molecule has 0 bridgehead atoms. The Morgan fingerprint density at radius 2 is 2.00 bits per heavy atom. The number of thioether (sulfide) groups is 1. The highest BCUT2D eigenvalue weighted by atomic mass is 32.2. The third-order valence-corrected chi connectivity index (χ3v) is 4.79. The van der Waals surface area contributed by atoms with Crippen LogP contribution in [-0.2, 0) is 0 Å². The molecule has 0 heterocycles. The number of carbonyl (C=O) groups excluding carboxylic acids is 1. The van der Waals surface area contributed by atoms with Crippen molar-refractivity contribution in [3.8, 4) is 0 Å². The Bertz CT molecular complexity index is 204. The standard InChI is InChI=1S/C11H22N2OS/c1-4-11(5-2,15-3)8-12-10(14)13-9-6-7-9/h9H,4-8H2,1-3H3,(H2,12,13,14). The maximum absolute atomic E-state index is 11.5. The van der Waals surface area contributed by atoms with Gasteiger partial charge < -0.3 is 10.6 Å². The average Bonchev–Trinajstić information content (AvgIpc) is 3.05. The van der Waals surface area contributed by atoms with Gasteiger partial charge in [-0.25, -0.2) is 4.79 Å². The van der Waals surface area contributed by atoms with Gasteiger partial charge in [0.15, 0.2) is 0 Å². The fourth-order valence-corrected chi connectivity index (χ4v) is 2.36. The molecular formula is C11H22N2OS. The van der Waals surface area contributed by atoms with E-state index in [2.05, 4.69) is 30.7 Å². The van der Waals surface area contributed by atoms with Crippen molar-refractivity contribution in [3.63, 3.8) is 0 Å². The molecule has 2 amide bonds. The Balaban J connectivity index is 2.28. The second-order valence-electron chi connectivity index (χ2n) is 4.20. The number of urea groups is 1. The second-order valence-corrected chi connectivity index (χ2v) is 5.47. The van der Waals surface area contributed by atoms with Crippen LogP contribution in [0.2, 0.25) is 0 Å². The predicted octanol–water partition coefficient (Wildman–Crippen LogP) is 2.37. The molecule has 1 rings (SSSR count). The lowest BCUT2D eigenvalue weighted by Crippen LogP contribution is -2.44. The molecule has 88 valence electrons. The summed E-state index contributed by atoms with van der Waals surface area (Å²) in [5, 5.41) is 5.92. The van der Waals surface area contributed by atoms with Gasteiger partial charge in [0.05, 0.1) is 0 Å². The van der Waals surface area contributed by atoms with Gasteiger partial charge in [-0.15, -0.1) is 0 Å². The van der Waals surface area contributed by atoms with Crippen LogP contribution in [-0.4, -0.2) is 29.6 Å². The highest BCUT2D eigenvalue weighted by Crippen LogP contribution is 2.29. The fraction of sp³-hybridized carbons (Fsp3) is 0.909. The van der Waals surface area contributed by atoms with Crippen LogP contribution in [0, 0.1) is 0 Å². The van der Waals surface area contributed by atoms with Crippen LogP contribution in [0.1, 0.15) is 39.5 Å². The van der Waals surface area contributed by atoms with Crippen molar-refractivity contribution in [1.82, 2.24) is 10.6 Å². The van der Waals surface area contributed by atoms with E-state index in [9.17, 15) is 4.79 Å². The lowest BCUT2D eigenvalue weighted by atomic mass is 10.0. The van der Waals surface area contributed by atoms with E-state index in [0.29, 0.717) is 6.04 Å². The third-order valence-electron chi connectivity index (χ3n) is 3.21. The summed E-state index contributed by atoms with van der Waals surface area (Å²) in [6, 6.07) is 0.440. The molecule has 0 radical (unpaired) electrons. The Morgan fingerprint density at radius 1 is 1.40 bits per heavy atom. The normalized spacial score (nSPS) is 16.2. The molecule has 0 atom stereocenters. The van der Waals surface area contributed by atoms with E-state index in [-0.39, 0.29) is 10.8 Å². The first kappa shape index (κ1) is 12.7. The van der Waals surface area contributed by atoms with Crippen LogP contribution in [0.4, 0.5) is 4.79 Å². The SMILES string of the molecule is CCC(CC)(CNC(=O)NC1CC1)SC. The third kappa shape index (κ3) is 3.93. The lowest BCUT2D eigenvalue weighted by Gasteiger charge is -2.29. The minimum absolute atomic E-state index is 0.00201. The minimum atomic E-state index is -0.00201. The molecule has 1 aliphatic carbocycles. The molecule has 3 nitrogen and oxygen atoms in total. The van der Waals surface area contributed by atoms with Crippen LogP contribution in [0.3, 0.4) is 0 Å². The molecule has 1 aliphatic rings. The largest absolute Gasteiger partial charge is 0.337 e. The quantitative estimate of drug-likeness (QED) is 0.735. The Hall–Kier alpha value is -0.380. The van der Waals surface area contributed by atoms with Crippen molar-refractivity contribution in [2.75, 3.05) is 12.8 Å². The highest BCUT2D eigenvalue weighted by molar-refractivity contribution is 8.00. The molecule has 0 spiro atoms. The van der Waals surface area contributed by atoms with Crippen LogP contribution in [0.25, 0.3) is 0 Å². The number of hydrogen-bond donors (Lipinski definition) is 2. The fourth-order valence-electron chi connectivity index (χ4n) is 1.57. The van der Waals surface area contributed by atoms with Gasteiger partial charge in [-0.1, -0.05) is 13.8 Å². The number of hydrogen-bond acceptors (Lipinski definition) is 2. The molecular weight excluding hydrogens is 208 g/mol. The Morgan fingerprint density at radius 3 is 2.40 bits per heavy atom. The molecule has 0 aromatic heterocycles. The summed E-state index contributed by atoms with van der Waals surface area (Å²) in [4.78, 5) is 11.5. The molecule has 0 saturated heterocycles. The van der Waals surface area contributed by atoms with Crippen molar-refractivity contribution in [1.29, 1.82) is 0 Å². The summed E-state index contributed by atoms with van der Waals surface area (Å²) in [7, 11) is 0.